The van der Waals surface area contributed by atoms with Crippen molar-refractivity contribution in [1.29, 1.82) is 0 Å². The van der Waals surface area contributed by atoms with Gasteiger partial charge in [0.05, 0.1) is 11.5 Å². The Hall–Kier alpha value is -1.49. The summed E-state index contributed by atoms with van der Waals surface area (Å²) in [5.74, 6) is 0.451. The van der Waals surface area contributed by atoms with Crippen LogP contribution < -0.4 is 0 Å². The predicted octanol–water partition coefficient (Wildman–Crippen LogP) is 3.63. The summed E-state index contributed by atoms with van der Waals surface area (Å²) in [6.07, 6.45) is 5.83. The molecule has 3 saturated carbocycles. The summed E-state index contributed by atoms with van der Waals surface area (Å²) >= 11 is 0. The van der Waals surface area contributed by atoms with Crippen LogP contribution in [-0.4, -0.2) is 34.3 Å². The van der Waals surface area contributed by atoms with Gasteiger partial charge in [-0.15, -0.1) is 0 Å². The number of Topliss-reactive ketones (excluding diaryl/α,β-unsaturated/α-hetero) is 1. The Morgan fingerprint density at radius 3 is 2.45 bits per heavy atom. The minimum absolute atomic E-state index is 0.0947. The van der Waals surface area contributed by atoms with Crippen LogP contribution in [0.4, 0.5) is 0 Å². The molecule has 160 valence electrons. The van der Waals surface area contributed by atoms with E-state index in [1.807, 2.05) is 6.92 Å². The zero-order valence-corrected chi connectivity index (χ0v) is 18.3. The first-order valence-electron chi connectivity index (χ1n) is 11.1. The van der Waals surface area contributed by atoms with Crippen LogP contribution in [0.3, 0.4) is 0 Å². The maximum absolute atomic E-state index is 12.6. The number of rotatable bonds is 2. The Morgan fingerprint density at radius 1 is 1.14 bits per heavy atom. The smallest absolute Gasteiger partial charge is 0.302 e. The topological polar surface area (TPSA) is 80.7 Å². The number of hydrogen-bond acceptors (Lipinski definition) is 5. The van der Waals surface area contributed by atoms with E-state index in [9.17, 15) is 19.5 Å². The van der Waals surface area contributed by atoms with Crippen molar-refractivity contribution >= 4 is 17.5 Å². The molecule has 29 heavy (non-hydrogen) atoms. The largest absolute Gasteiger partial charge is 0.462 e. The van der Waals surface area contributed by atoms with Crippen LogP contribution in [0, 0.1) is 34.5 Å². The Labute approximate surface area is 173 Å². The fraction of sp³-hybridized carbons (Fsp3) is 0.792. The van der Waals surface area contributed by atoms with E-state index in [2.05, 4.69) is 13.8 Å². The van der Waals surface area contributed by atoms with Gasteiger partial charge in [-0.05, 0) is 86.2 Å². The van der Waals surface area contributed by atoms with Crippen molar-refractivity contribution in [3.63, 3.8) is 0 Å². The average molecular weight is 403 g/mol. The highest BCUT2D eigenvalue weighted by Gasteiger charge is 2.65. The molecule has 4 aliphatic rings. The summed E-state index contributed by atoms with van der Waals surface area (Å²) in [6, 6.07) is 0. The summed E-state index contributed by atoms with van der Waals surface area (Å²) in [5.41, 5.74) is -0.517. The van der Waals surface area contributed by atoms with E-state index in [0.29, 0.717) is 25.2 Å². The number of aliphatic hydroxyl groups is 1. The summed E-state index contributed by atoms with van der Waals surface area (Å²) < 4.78 is 5.64. The highest BCUT2D eigenvalue weighted by atomic mass is 16.5. The standard InChI is InChI=1S/C24H34O5/c1-13(25)21-19(29-14(2)26)11-18-16-12-24(5,28)20-10-15(27)6-8-22(20,3)17(16)7-9-23(18,21)4/h10,16-19,21,28H,6-9,11-12H2,1-5H3/t16-,17+,18+,19+,21+,22-,23+,24+/m1/s1. The van der Waals surface area contributed by atoms with Crippen molar-refractivity contribution in [2.75, 3.05) is 0 Å². The molecule has 0 heterocycles. The van der Waals surface area contributed by atoms with Crippen LogP contribution in [0.5, 0.6) is 0 Å². The molecule has 0 aromatic carbocycles. The van der Waals surface area contributed by atoms with E-state index in [0.717, 1.165) is 24.8 Å². The van der Waals surface area contributed by atoms with Crippen molar-refractivity contribution in [2.45, 2.75) is 84.8 Å². The number of ketones is 2. The van der Waals surface area contributed by atoms with Gasteiger partial charge in [0.1, 0.15) is 11.9 Å². The monoisotopic (exact) mass is 402 g/mol. The fourth-order valence-corrected chi connectivity index (χ4v) is 8.05. The van der Waals surface area contributed by atoms with E-state index < -0.39 is 5.60 Å². The zero-order chi connectivity index (χ0) is 21.4. The van der Waals surface area contributed by atoms with E-state index in [1.54, 1.807) is 13.0 Å². The normalized spacial score (nSPS) is 48.8. The molecule has 5 nitrogen and oxygen atoms in total. The van der Waals surface area contributed by atoms with Crippen molar-refractivity contribution < 1.29 is 24.2 Å². The first-order chi connectivity index (χ1) is 13.4. The summed E-state index contributed by atoms with van der Waals surface area (Å²) in [4.78, 5) is 36.5. The molecule has 4 aliphatic carbocycles. The molecule has 0 aliphatic heterocycles. The Bertz CT molecular complexity index is 795. The van der Waals surface area contributed by atoms with Crippen molar-refractivity contribution in [3.05, 3.63) is 11.6 Å². The molecule has 0 spiro atoms. The van der Waals surface area contributed by atoms with Gasteiger partial charge in [-0.1, -0.05) is 13.8 Å². The first-order valence-corrected chi connectivity index (χ1v) is 11.1. The minimum atomic E-state index is -1.02. The second-order valence-corrected chi connectivity index (χ2v) is 10.8. The Morgan fingerprint density at radius 2 is 1.83 bits per heavy atom. The van der Waals surface area contributed by atoms with Crippen molar-refractivity contribution in [2.24, 2.45) is 34.5 Å². The highest BCUT2D eigenvalue weighted by molar-refractivity contribution is 5.92. The number of carbonyl (C=O) groups excluding carboxylic acids is 3. The van der Waals surface area contributed by atoms with Crippen LogP contribution in [0.15, 0.2) is 11.6 Å². The summed E-state index contributed by atoms with van der Waals surface area (Å²) in [6.45, 7) is 9.29. The summed E-state index contributed by atoms with van der Waals surface area (Å²) in [7, 11) is 0. The van der Waals surface area contributed by atoms with Crippen molar-refractivity contribution in [1.82, 2.24) is 0 Å². The number of fused-ring (bicyclic) bond motifs is 5. The second-order valence-electron chi connectivity index (χ2n) is 10.8. The van der Waals surface area contributed by atoms with E-state index in [-0.39, 0.29) is 52.2 Å². The Balaban J connectivity index is 1.75. The highest BCUT2D eigenvalue weighted by Crippen LogP contribution is 2.68. The number of ether oxygens (including phenoxy) is 1. The van der Waals surface area contributed by atoms with Gasteiger partial charge >= 0.3 is 5.97 Å². The van der Waals surface area contributed by atoms with E-state index in [4.69, 9.17) is 4.74 Å². The van der Waals surface area contributed by atoms with Crippen LogP contribution in [0.2, 0.25) is 0 Å². The van der Waals surface area contributed by atoms with Crippen LogP contribution in [-0.2, 0) is 19.1 Å². The van der Waals surface area contributed by atoms with Crippen LogP contribution >= 0.6 is 0 Å². The predicted molar refractivity (Wildman–Crippen MR) is 108 cm³/mol. The third-order valence-electron chi connectivity index (χ3n) is 9.04. The van der Waals surface area contributed by atoms with Gasteiger partial charge in [0.25, 0.3) is 0 Å². The summed E-state index contributed by atoms with van der Waals surface area (Å²) in [5, 5.41) is 11.4. The molecule has 0 bridgehead atoms. The van der Waals surface area contributed by atoms with Crippen LogP contribution in [0.25, 0.3) is 0 Å². The van der Waals surface area contributed by atoms with Gasteiger partial charge in [0.2, 0.25) is 0 Å². The third kappa shape index (κ3) is 2.95. The molecule has 0 unspecified atom stereocenters. The first kappa shape index (κ1) is 20.8. The van der Waals surface area contributed by atoms with Crippen molar-refractivity contribution in [3.8, 4) is 0 Å². The lowest BCUT2D eigenvalue weighted by molar-refractivity contribution is -0.151. The minimum Gasteiger partial charge on any atom is -0.462 e. The molecule has 0 radical (unpaired) electrons. The average Bonchev–Trinajstić information content (AvgIpc) is 2.88. The molecule has 0 aromatic heterocycles. The lowest BCUT2D eigenvalue weighted by atomic mass is 9.44. The molecular formula is C24H34O5. The van der Waals surface area contributed by atoms with Gasteiger partial charge in [-0.2, -0.15) is 0 Å². The molecule has 0 aromatic rings. The van der Waals surface area contributed by atoms with Gasteiger partial charge in [0, 0.05) is 13.3 Å². The molecule has 8 atom stereocenters. The number of esters is 1. The second kappa shape index (κ2) is 6.50. The Kier molecular flexibility index (Phi) is 4.66. The molecular weight excluding hydrogens is 368 g/mol. The van der Waals surface area contributed by atoms with Gasteiger partial charge in [0.15, 0.2) is 5.78 Å². The zero-order valence-electron chi connectivity index (χ0n) is 18.3. The van der Waals surface area contributed by atoms with E-state index >= 15 is 0 Å². The molecule has 3 fully saturated rings. The van der Waals surface area contributed by atoms with Gasteiger partial charge in [-0.3, -0.25) is 14.4 Å². The SMILES string of the molecule is CC(=O)O[C@H]1C[C@H]2[C@@H]3C[C@](C)(O)C4=CC(=O)CC[C@]4(C)[C@H]3CC[C@]2(C)[C@H]1C(C)=O. The maximum atomic E-state index is 12.6. The molecule has 5 heteroatoms. The van der Waals surface area contributed by atoms with Crippen LogP contribution in [0.1, 0.15) is 73.1 Å². The lowest BCUT2D eigenvalue weighted by Crippen LogP contribution is -2.57. The lowest BCUT2D eigenvalue weighted by Gasteiger charge is -2.61. The third-order valence-corrected chi connectivity index (χ3v) is 9.04. The molecule has 0 amide bonds. The quantitative estimate of drug-likeness (QED) is 0.714. The molecule has 0 saturated heterocycles. The number of carbonyl (C=O) groups is 3. The fourth-order valence-electron chi connectivity index (χ4n) is 8.05. The maximum Gasteiger partial charge on any atom is 0.302 e. The number of hydrogen-bond donors (Lipinski definition) is 1. The van der Waals surface area contributed by atoms with Gasteiger partial charge < -0.3 is 9.84 Å². The van der Waals surface area contributed by atoms with E-state index in [1.165, 1.54) is 6.92 Å². The van der Waals surface area contributed by atoms with Gasteiger partial charge in [-0.25, -0.2) is 0 Å². The molecule has 4 rings (SSSR count). The molecule has 1 N–H and O–H groups in total.